The molecule has 1 fully saturated rings. The molecule has 7 atom stereocenters. The summed E-state index contributed by atoms with van der Waals surface area (Å²) in [4.78, 5) is 0. The van der Waals surface area contributed by atoms with Crippen molar-refractivity contribution in [3.63, 3.8) is 0 Å². The second kappa shape index (κ2) is 15.6. The molecule has 4 unspecified atom stereocenters. The van der Waals surface area contributed by atoms with Crippen LogP contribution in [0, 0.1) is 11.8 Å². The molecule has 10 heteroatoms. The predicted molar refractivity (Wildman–Crippen MR) is 192 cm³/mol. The van der Waals surface area contributed by atoms with E-state index in [2.05, 4.69) is 19.9 Å². The third-order valence-corrected chi connectivity index (χ3v) is 9.90. The minimum atomic E-state index is -0.891. The Hall–Kier alpha value is -4.80. The molecule has 4 aromatic carbocycles. The van der Waals surface area contributed by atoms with E-state index in [1.54, 1.807) is 40.6 Å². The maximum atomic E-state index is 11.1. The normalized spacial score (nSPS) is 21.0. The molecule has 4 aromatic rings. The van der Waals surface area contributed by atoms with Gasteiger partial charge in [-0.25, -0.2) is 0 Å². The summed E-state index contributed by atoms with van der Waals surface area (Å²) >= 11 is 0. The van der Waals surface area contributed by atoms with Crippen LogP contribution in [0.25, 0.3) is 0 Å². The Kier molecular flexibility index (Phi) is 11.0. The Morgan fingerprint density at radius 3 is 1.78 bits per heavy atom. The average Bonchev–Trinajstić information content (AvgIpc) is 3.74. The third-order valence-electron chi connectivity index (χ3n) is 9.90. The van der Waals surface area contributed by atoms with E-state index < -0.39 is 12.2 Å². The zero-order valence-corrected chi connectivity index (χ0v) is 30.5. The van der Waals surface area contributed by atoms with Crippen molar-refractivity contribution in [2.75, 3.05) is 35.2 Å². The fourth-order valence-corrected chi connectivity index (χ4v) is 6.87. The molecule has 0 radical (unpaired) electrons. The summed E-state index contributed by atoms with van der Waals surface area (Å²) in [7, 11) is 6.52. The number of fused-ring (bicyclic) bond motifs is 1. The van der Waals surface area contributed by atoms with Crippen molar-refractivity contribution in [3.05, 3.63) is 95.1 Å². The van der Waals surface area contributed by atoms with Crippen LogP contribution >= 0.6 is 0 Å². The molecule has 0 aromatic heterocycles. The molecule has 10 nitrogen and oxygen atoms in total. The van der Waals surface area contributed by atoms with E-state index in [0.29, 0.717) is 58.0 Å². The highest BCUT2D eigenvalue weighted by Crippen LogP contribution is 2.51. The second-order valence-corrected chi connectivity index (χ2v) is 13.2. The fourth-order valence-electron chi connectivity index (χ4n) is 6.87. The Labute approximate surface area is 300 Å². The number of aliphatic hydroxyl groups is 1. The van der Waals surface area contributed by atoms with Crippen LogP contribution in [0.2, 0.25) is 0 Å². The van der Waals surface area contributed by atoms with Crippen molar-refractivity contribution in [2.24, 2.45) is 11.8 Å². The summed E-state index contributed by atoms with van der Waals surface area (Å²) in [6.07, 6.45) is -1.22. The van der Waals surface area contributed by atoms with Crippen LogP contribution in [0.1, 0.15) is 68.3 Å². The molecule has 0 saturated carbocycles. The van der Waals surface area contributed by atoms with Crippen molar-refractivity contribution < 1.29 is 47.7 Å². The first kappa shape index (κ1) is 36.0. The molecule has 0 bridgehead atoms. The lowest BCUT2D eigenvalue weighted by Crippen LogP contribution is -2.22. The molecular formula is C41H48O10. The van der Waals surface area contributed by atoms with Gasteiger partial charge in [0.2, 0.25) is 6.79 Å². The number of ether oxygens (including phenoxy) is 9. The van der Waals surface area contributed by atoms with Crippen LogP contribution in [0.3, 0.4) is 0 Å². The number of hydrogen-bond donors (Lipinski definition) is 1. The van der Waals surface area contributed by atoms with Gasteiger partial charge < -0.3 is 47.7 Å². The molecule has 2 aliphatic heterocycles. The van der Waals surface area contributed by atoms with Gasteiger partial charge in [0.25, 0.3) is 0 Å². The highest BCUT2D eigenvalue weighted by Gasteiger charge is 2.41. The number of hydrogen-bond acceptors (Lipinski definition) is 10. The smallest absolute Gasteiger partial charge is 0.231 e. The van der Waals surface area contributed by atoms with Gasteiger partial charge in [-0.05, 0) is 96.5 Å². The highest BCUT2D eigenvalue weighted by atomic mass is 16.7. The van der Waals surface area contributed by atoms with Gasteiger partial charge in [0.15, 0.2) is 46.0 Å². The SMILES string of the molecule is COc1ccc(CC(C)Oc2ccc([C@H]3OC(c4ccc(OC(C)C(O)c5ccc6c(c5)OCO6)c(OC)c4)[C@H](C)[C@H]3C)cc2OC)cc1OC. The van der Waals surface area contributed by atoms with Gasteiger partial charge in [-0.2, -0.15) is 0 Å². The minimum absolute atomic E-state index is 0.120. The average molecular weight is 701 g/mol. The molecule has 0 amide bonds. The van der Waals surface area contributed by atoms with Gasteiger partial charge in [-0.15, -0.1) is 0 Å². The molecule has 2 aliphatic rings. The molecule has 51 heavy (non-hydrogen) atoms. The van der Waals surface area contributed by atoms with Crippen LogP contribution in [0.15, 0.2) is 72.8 Å². The molecular weight excluding hydrogens is 652 g/mol. The summed E-state index contributed by atoms with van der Waals surface area (Å²) in [5, 5.41) is 11.1. The third kappa shape index (κ3) is 7.62. The van der Waals surface area contributed by atoms with E-state index in [4.69, 9.17) is 42.6 Å². The number of aliphatic hydroxyl groups excluding tert-OH is 1. The van der Waals surface area contributed by atoms with Crippen molar-refractivity contribution in [3.8, 4) is 46.0 Å². The lowest BCUT2D eigenvalue weighted by Gasteiger charge is -2.23. The van der Waals surface area contributed by atoms with Gasteiger partial charge in [-0.1, -0.05) is 38.1 Å². The topological polar surface area (TPSA) is 103 Å². The summed E-state index contributed by atoms with van der Waals surface area (Å²) in [6.45, 7) is 8.45. The Morgan fingerprint density at radius 2 is 1.18 bits per heavy atom. The largest absolute Gasteiger partial charge is 0.493 e. The number of rotatable bonds is 14. The lowest BCUT2D eigenvalue weighted by molar-refractivity contribution is 0.0284. The molecule has 2 heterocycles. The van der Waals surface area contributed by atoms with E-state index in [0.717, 1.165) is 16.7 Å². The van der Waals surface area contributed by atoms with Crippen molar-refractivity contribution >= 4 is 0 Å². The van der Waals surface area contributed by atoms with E-state index >= 15 is 0 Å². The van der Waals surface area contributed by atoms with Crippen LogP contribution < -0.4 is 37.9 Å². The van der Waals surface area contributed by atoms with E-state index in [1.807, 2.05) is 68.4 Å². The first-order chi connectivity index (χ1) is 24.6. The quantitative estimate of drug-likeness (QED) is 0.139. The molecule has 1 N–H and O–H groups in total. The van der Waals surface area contributed by atoms with Gasteiger partial charge >= 0.3 is 0 Å². The summed E-state index contributed by atoms with van der Waals surface area (Å²) in [6, 6.07) is 23.2. The first-order valence-electron chi connectivity index (χ1n) is 17.3. The maximum Gasteiger partial charge on any atom is 0.231 e. The minimum Gasteiger partial charge on any atom is -0.493 e. The van der Waals surface area contributed by atoms with Crippen molar-refractivity contribution in [1.29, 1.82) is 0 Å². The van der Waals surface area contributed by atoms with Gasteiger partial charge in [0.1, 0.15) is 18.3 Å². The van der Waals surface area contributed by atoms with Crippen molar-refractivity contribution in [2.45, 2.75) is 64.6 Å². The fraction of sp³-hybridized carbons (Fsp3) is 0.415. The van der Waals surface area contributed by atoms with Gasteiger partial charge in [-0.3, -0.25) is 0 Å². The van der Waals surface area contributed by atoms with Crippen LogP contribution in [0.4, 0.5) is 0 Å². The van der Waals surface area contributed by atoms with Crippen LogP contribution in [-0.4, -0.2) is 52.5 Å². The van der Waals surface area contributed by atoms with E-state index in [9.17, 15) is 5.11 Å². The zero-order chi connectivity index (χ0) is 36.2. The number of benzene rings is 4. The van der Waals surface area contributed by atoms with Crippen LogP contribution in [0.5, 0.6) is 46.0 Å². The van der Waals surface area contributed by atoms with E-state index in [1.165, 1.54) is 0 Å². The molecule has 1 saturated heterocycles. The monoisotopic (exact) mass is 700 g/mol. The zero-order valence-electron chi connectivity index (χ0n) is 30.5. The summed E-state index contributed by atoms with van der Waals surface area (Å²) < 4.78 is 52.6. The maximum absolute atomic E-state index is 11.1. The lowest BCUT2D eigenvalue weighted by atomic mass is 9.85. The summed E-state index contributed by atoms with van der Waals surface area (Å²) in [5.41, 5.74) is 3.76. The standard InChI is InChI=1S/C41H48O10/c1-23(17-27-9-13-31(43-5)35(18-27)44-6)49-33-15-11-29(20-36(33)45-7)40-24(2)25(3)41(51-40)30-12-16-34(37(21-30)46-8)50-26(4)39(42)28-10-14-32-38(19-28)48-22-47-32/h9-16,18-21,23-26,39-42H,17,22H2,1-8H3/t23?,24-,25-,26?,39?,40+,41?/m1/s1. The molecule has 0 spiro atoms. The van der Waals surface area contributed by atoms with Gasteiger partial charge in [0.05, 0.1) is 40.6 Å². The number of methoxy groups -OCH3 is 4. The van der Waals surface area contributed by atoms with Crippen LogP contribution in [-0.2, 0) is 11.2 Å². The Morgan fingerprint density at radius 1 is 0.627 bits per heavy atom. The van der Waals surface area contributed by atoms with Gasteiger partial charge in [0, 0.05) is 6.42 Å². The molecule has 272 valence electrons. The predicted octanol–water partition coefficient (Wildman–Crippen LogP) is 8.05. The Balaban J connectivity index is 1.12. The highest BCUT2D eigenvalue weighted by molar-refractivity contribution is 5.48. The first-order valence-corrected chi connectivity index (χ1v) is 17.3. The van der Waals surface area contributed by atoms with E-state index in [-0.39, 0.29) is 36.9 Å². The summed E-state index contributed by atoms with van der Waals surface area (Å²) in [5.74, 6) is 5.50. The Bertz CT molecular complexity index is 1810. The molecule has 6 rings (SSSR count). The van der Waals surface area contributed by atoms with Crippen molar-refractivity contribution in [1.82, 2.24) is 0 Å². The molecule has 0 aliphatic carbocycles. The second-order valence-electron chi connectivity index (χ2n) is 13.2.